The Hall–Kier alpha value is -2.66. The van der Waals surface area contributed by atoms with Crippen LogP contribution in [-0.4, -0.2) is 21.0 Å². The second kappa shape index (κ2) is 7.16. The van der Waals surface area contributed by atoms with E-state index in [0.717, 1.165) is 39.1 Å². The molecule has 5 heteroatoms. The van der Waals surface area contributed by atoms with Crippen LogP contribution < -0.4 is 4.74 Å². The molecule has 0 saturated carbocycles. The number of imidazole rings is 1. The number of nitrogens with zero attached hydrogens (tertiary/aromatic N) is 3. The van der Waals surface area contributed by atoms with Crippen LogP contribution in [0.4, 0.5) is 0 Å². The third kappa shape index (κ3) is 3.60. The van der Waals surface area contributed by atoms with E-state index in [9.17, 15) is 0 Å². The number of aryl methyl sites for hydroxylation is 4. The molecule has 4 aromatic rings. The van der Waals surface area contributed by atoms with Gasteiger partial charge in [-0.1, -0.05) is 47.2 Å². The van der Waals surface area contributed by atoms with Crippen molar-refractivity contribution in [1.82, 2.24) is 14.4 Å². The number of rotatable bonds is 5. The smallest absolute Gasteiger partial charge is 0.197 e. The zero-order chi connectivity index (χ0) is 19.0. The molecule has 0 amide bonds. The minimum absolute atomic E-state index is 0.600. The number of hydrogen-bond acceptors (Lipinski definition) is 4. The third-order valence-corrected chi connectivity index (χ3v) is 5.61. The third-order valence-electron chi connectivity index (χ3n) is 4.62. The lowest BCUT2D eigenvalue weighted by Gasteiger charge is -2.08. The van der Waals surface area contributed by atoms with Crippen molar-refractivity contribution >= 4 is 17.0 Å². The molecule has 0 spiro atoms. The number of pyridine rings is 1. The molecule has 4 rings (SSSR count). The van der Waals surface area contributed by atoms with Gasteiger partial charge < -0.3 is 9.14 Å². The molecule has 0 aliphatic heterocycles. The minimum Gasteiger partial charge on any atom is -0.482 e. The number of thiazole rings is 1. The fourth-order valence-corrected chi connectivity index (χ4v) is 4.05. The second-order valence-corrected chi connectivity index (χ2v) is 8.08. The van der Waals surface area contributed by atoms with Gasteiger partial charge in [-0.3, -0.25) is 0 Å². The van der Waals surface area contributed by atoms with Crippen molar-refractivity contribution in [3.8, 4) is 16.3 Å². The number of hydrogen-bond donors (Lipinski definition) is 0. The zero-order valence-electron chi connectivity index (χ0n) is 16.1. The fourth-order valence-electron chi connectivity index (χ4n) is 3.27. The topological polar surface area (TPSA) is 39.4 Å². The van der Waals surface area contributed by atoms with Gasteiger partial charge in [-0.05, 0) is 39.3 Å². The van der Waals surface area contributed by atoms with E-state index in [4.69, 9.17) is 9.72 Å². The predicted octanol–water partition coefficient (Wildman–Crippen LogP) is 5.31. The van der Waals surface area contributed by atoms with Crippen LogP contribution in [0.5, 0.6) is 5.06 Å². The molecule has 3 aromatic heterocycles. The van der Waals surface area contributed by atoms with Crippen molar-refractivity contribution in [1.29, 1.82) is 0 Å². The first-order valence-electron chi connectivity index (χ1n) is 9.13. The van der Waals surface area contributed by atoms with Crippen molar-refractivity contribution in [2.45, 2.75) is 34.1 Å². The summed E-state index contributed by atoms with van der Waals surface area (Å²) in [5.74, 6) is 0. The highest BCUT2D eigenvalue weighted by atomic mass is 32.1. The molecule has 0 saturated heterocycles. The van der Waals surface area contributed by atoms with Gasteiger partial charge >= 0.3 is 0 Å². The summed E-state index contributed by atoms with van der Waals surface area (Å²) in [6.07, 6.45) is 2.93. The Kier molecular flexibility index (Phi) is 4.70. The monoisotopic (exact) mass is 377 g/mol. The Morgan fingerprint density at radius 1 is 0.926 bits per heavy atom. The van der Waals surface area contributed by atoms with Crippen LogP contribution in [0.3, 0.4) is 0 Å². The quantitative estimate of drug-likeness (QED) is 0.473. The summed E-state index contributed by atoms with van der Waals surface area (Å²) in [4.78, 5) is 9.34. The molecule has 0 unspecified atom stereocenters. The lowest BCUT2D eigenvalue weighted by Crippen LogP contribution is -2.05. The van der Waals surface area contributed by atoms with Crippen molar-refractivity contribution in [2.24, 2.45) is 0 Å². The Bertz CT molecular complexity index is 1090. The molecule has 138 valence electrons. The van der Waals surface area contributed by atoms with E-state index >= 15 is 0 Å². The molecule has 0 aliphatic carbocycles. The molecular formula is C22H23N3OS. The van der Waals surface area contributed by atoms with Gasteiger partial charge in [0, 0.05) is 18.2 Å². The number of benzene rings is 1. The summed E-state index contributed by atoms with van der Waals surface area (Å²) in [5.41, 5.74) is 7.74. The molecule has 0 bridgehead atoms. The molecular weight excluding hydrogens is 354 g/mol. The van der Waals surface area contributed by atoms with Gasteiger partial charge in [0.15, 0.2) is 5.06 Å². The normalized spacial score (nSPS) is 11.3. The van der Waals surface area contributed by atoms with Crippen LogP contribution in [0.15, 0.2) is 42.6 Å². The van der Waals surface area contributed by atoms with Crippen LogP contribution in [0, 0.1) is 27.7 Å². The molecule has 0 aliphatic rings. The number of aromatic nitrogens is 3. The van der Waals surface area contributed by atoms with E-state index in [0.29, 0.717) is 6.61 Å². The van der Waals surface area contributed by atoms with Gasteiger partial charge in [-0.25, -0.2) is 9.97 Å². The first-order valence-corrected chi connectivity index (χ1v) is 9.94. The Labute approximate surface area is 163 Å². The van der Waals surface area contributed by atoms with Crippen LogP contribution in [0.2, 0.25) is 0 Å². The SMILES string of the molecule is Cc1ccc(-c2nc3ccc(C)cn3c2CCOc2sc(C)nc2C)cc1. The second-order valence-electron chi connectivity index (χ2n) is 6.91. The molecule has 0 radical (unpaired) electrons. The first kappa shape index (κ1) is 17.7. The summed E-state index contributed by atoms with van der Waals surface area (Å²) < 4.78 is 8.23. The number of fused-ring (bicyclic) bond motifs is 1. The lowest BCUT2D eigenvalue weighted by atomic mass is 10.1. The van der Waals surface area contributed by atoms with Crippen molar-refractivity contribution in [3.63, 3.8) is 0 Å². The first-order chi connectivity index (χ1) is 13.0. The summed E-state index contributed by atoms with van der Waals surface area (Å²) in [5, 5.41) is 1.95. The van der Waals surface area contributed by atoms with Gasteiger partial charge in [-0.2, -0.15) is 0 Å². The van der Waals surface area contributed by atoms with Crippen LogP contribution >= 0.6 is 11.3 Å². The van der Waals surface area contributed by atoms with Crippen LogP contribution in [0.25, 0.3) is 16.9 Å². The zero-order valence-corrected chi connectivity index (χ0v) is 16.9. The van der Waals surface area contributed by atoms with Gasteiger partial charge in [0.25, 0.3) is 0 Å². The van der Waals surface area contributed by atoms with E-state index in [1.807, 2.05) is 13.8 Å². The lowest BCUT2D eigenvalue weighted by molar-refractivity contribution is 0.327. The molecule has 0 fully saturated rings. The summed E-state index contributed by atoms with van der Waals surface area (Å²) in [6, 6.07) is 12.7. The molecule has 3 heterocycles. The molecule has 4 nitrogen and oxygen atoms in total. The van der Waals surface area contributed by atoms with Gasteiger partial charge in [0.1, 0.15) is 5.65 Å². The van der Waals surface area contributed by atoms with Gasteiger partial charge in [0.05, 0.1) is 28.7 Å². The van der Waals surface area contributed by atoms with Crippen molar-refractivity contribution < 1.29 is 4.74 Å². The maximum Gasteiger partial charge on any atom is 0.197 e. The largest absolute Gasteiger partial charge is 0.482 e. The summed E-state index contributed by atoms with van der Waals surface area (Å²) in [7, 11) is 0. The van der Waals surface area contributed by atoms with Gasteiger partial charge in [-0.15, -0.1) is 0 Å². The molecule has 0 atom stereocenters. The van der Waals surface area contributed by atoms with Crippen LogP contribution in [-0.2, 0) is 6.42 Å². The van der Waals surface area contributed by atoms with Gasteiger partial charge in [0.2, 0.25) is 0 Å². The highest BCUT2D eigenvalue weighted by Gasteiger charge is 2.15. The van der Waals surface area contributed by atoms with E-state index < -0.39 is 0 Å². The summed E-state index contributed by atoms with van der Waals surface area (Å²) in [6.45, 7) is 8.81. The van der Waals surface area contributed by atoms with Crippen LogP contribution in [0.1, 0.15) is 27.5 Å². The highest BCUT2D eigenvalue weighted by Crippen LogP contribution is 2.28. The van der Waals surface area contributed by atoms with E-state index in [-0.39, 0.29) is 0 Å². The average molecular weight is 378 g/mol. The fraction of sp³-hybridized carbons (Fsp3) is 0.273. The molecule has 1 aromatic carbocycles. The maximum absolute atomic E-state index is 6.03. The molecule has 0 N–H and O–H groups in total. The minimum atomic E-state index is 0.600. The average Bonchev–Trinajstić information content (AvgIpc) is 3.15. The Morgan fingerprint density at radius 2 is 1.67 bits per heavy atom. The maximum atomic E-state index is 6.03. The van der Waals surface area contributed by atoms with E-state index in [1.54, 1.807) is 11.3 Å². The Morgan fingerprint density at radius 3 is 2.37 bits per heavy atom. The standard InChI is InChI=1S/C22H23N3OS/c1-14-5-8-18(9-6-14)21-19(25-13-15(2)7-10-20(25)24-21)11-12-26-22-16(3)23-17(4)27-22/h5-10,13H,11-12H2,1-4H3. The number of ether oxygens (including phenoxy) is 1. The summed E-state index contributed by atoms with van der Waals surface area (Å²) >= 11 is 1.60. The van der Waals surface area contributed by atoms with Crippen molar-refractivity contribution in [2.75, 3.05) is 6.61 Å². The highest BCUT2D eigenvalue weighted by molar-refractivity contribution is 7.13. The van der Waals surface area contributed by atoms with Crippen molar-refractivity contribution in [3.05, 3.63) is 70.1 Å². The van der Waals surface area contributed by atoms with E-state index in [2.05, 4.69) is 65.8 Å². The molecule has 27 heavy (non-hydrogen) atoms. The van der Waals surface area contributed by atoms with E-state index in [1.165, 1.54) is 16.8 Å². The Balaban J connectivity index is 1.68. The predicted molar refractivity (Wildman–Crippen MR) is 111 cm³/mol.